The summed E-state index contributed by atoms with van der Waals surface area (Å²) in [6.45, 7) is 1.93. The predicted molar refractivity (Wildman–Crippen MR) is 66.0 cm³/mol. The summed E-state index contributed by atoms with van der Waals surface area (Å²) in [7, 11) is 0. The van der Waals surface area contributed by atoms with Gasteiger partial charge in [-0.2, -0.15) is 0 Å². The van der Waals surface area contributed by atoms with Gasteiger partial charge in [-0.1, -0.05) is 19.8 Å². The second-order valence-corrected chi connectivity index (χ2v) is 4.03. The van der Waals surface area contributed by atoms with Crippen molar-refractivity contribution >= 4 is 12.4 Å². The Kier molecular flexibility index (Phi) is 7.28. The SMILES string of the molecule is CCCC[C@H](O)[C@H](N)c1cc(F)cc(F)c1F.Cl. The van der Waals surface area contributed by atoms with Gasteiger partial charge in [-0.25, -0.2) is 13.2 Å². The van der Waals surface area contributed by atoms with Gasteiger partial charge < -0.3 is 10.8 Å². The summed E-state index contributed by atoms with van der Waals surface area (Å²) in [6, 6.07) is 0.147. The normalized spacial score (nSPS) is 13.9. The van der Waals surface area contributed by atoms with E-state index in [2.05, 4.69) is 0 Å². The first-order valence-electron chi connectivity index (χ1n) is 5.55. The van der Waals surface area contributed by atoms with E-state index >= 15 is 0 Å². The van der Waals surface area contributed by atoms with Crippen molar-refractivity contribution < 1.29 is 18.3 Å². The maximum absolute atomic E-state index is 13.4. The smallest absolute Gasteiger partial charge is 0.163 e. The summed E-state index contributed by atoms with van der Waals surface area (Å²) in [5.41, 5.74) is 5.27. The molecule has 1 aromatic carbocycles. The number of benzene rings is 1. The molecule has 0 aliphatic rings. The third-order valence-electron chi connectivity index (χ3n) is 2.65. The minimum absolute atomic E-state index is 0. The Bertz CT molecular complexity index is 390. The molecule has 1 rings (SSSR count). The second kappa shape index (κ2) is 7.61. The molecule has 0 aliphatic carbocycles. The van der Waals surface area contributed by atoms with Gasteiger partial charge in [-0.3, -0.25) is 0 Å². The predicted octanol–water partition coefficient (Wildman–Crippen LogP) is 3.08. The van der Waals surface area contributed by atoms with Gasteiger partial charge in [-0.15, -0.1) is 12.4 Å². The van der Waals surface area contributed by atoms with Crippen LogP contribution in [0, 0.1) is 17.5 Å². The molecule has 0 amide bonds. The number of rotatable bonds is 5. The third-order valence-corrected chi connectivity index (χ3v) is 2.65. The van der Waals surface area contributed by atoms with E-state index in [1.807, 2.05) is 6.92 Å². The van der Waals surface area contributed by atoms with Crippen molar-refractivity contribution in [3.8, 4) is 0 Å². The van der Waals surface area contributed by atoms with Gasteiger partial charge in [-0.05, 0) is 12.5 Å². The van der Waals surface area contributed by atoms with E-state index < -0.39 is 29.6 Å². The van der Waals surface area contributed by atoms with E-state index in [1.54, 1.807) is 0 Å². The molecule has 0 aliphatic heterocycles. The van der Waals surface area contributed by atoms with Gasteiger partial charge in [0, 0.05) is 11.6 Å². The van der Waals surface area contributed by atoms with E-state index in [0.717, 1.165) is 12.5 Å². The van der Waals surface area contributed by atoms with Gasteiger partial charge in [0.05, 0.1) is 12.1 Å². The molecular weight excluding hydrogens is 267 g/mol. The molecular formula is C12H17ClF3NO. The zero-order valence-electron chi connectivity index (χ0n) is 10.00. The minimum Gasteiger partial charge on any atom is -0.391 e. The minimum atomic E-state index is -1.29. The molecule has 6 heteroatoms. The van der Waals surface area contributed by atoms with Crippen LogP contribution >= 0.6 is 12.4 Å². The summed E-state index contributed by atoms with van der Waals surface area (Å²) in [5, 5.41) is 9.67. The lowest BCUT2D eigenvalue weighted by molar-refractivity contribution is 0.130. The van der Waals surface area contributed by atoms with Crippen molar-refractivity contribution in [3.63, 3.8) is 0 Å². The van der Waals surface area contributed by atoms with Crippen LogP contribution in [0.15, 0.2) is 12.1 Å². The molecule has 3 N–H and O–H groups in total. The van der Waals surface area contributed by atoms with Crippen molar-refractivity contribution in [2.45, 2.75) is 38.3 Å². The average Bonchev–Trinajstić information content (AvgIpc) is 2.29. The maximum Gasteiger partial charge on any atom is 0.163 e. The lowest BCUT2D eigenvalue weighted by atomic mass is 9.97. The number of hydrogen-bond donors (Lipinski definition) is 2. The largest absolute Gasteiger partial charge is 0.391 e. The number of halogens is 4. The Morgan fingerprint density at radius 3 is 2.44 bits per heavy atom. The molecule has 18 heavy (non-hydrogen) atoms. The highest BCUT2D eigenvalue weighted by Crippen LogP contribution is 2.23. The number of hydrogen-bond acceptors (Lipinski definition) is 2. The van der Waals surface area contributed by atoms with Crippen LogP contribution in [0.1, 0.15) is 37.8 Å². The first-order chi connectivity index (χ1) is 7.97. The molecule has 0 aromatic heterocycles. The fraction of sp³-hybridized carbons (Fsp3) is 0.500. The molecule has 0 fully saturated rings. The van der Waals surface area contributed by atoms with Crippen LogP contribution in [0.3, 0.4) is 0 Å². The summed E-state index contributed by atoms with van der Waals surface area (Å²) in [5.74, 6) is -3.40. The van der Waals surface area contributed by atoms with Crippen LogP contribution in [0.2, 0.25) is 0 Å². The topological polar surface area (TPSA) is 46.2 Å². The molecule has 2 atom stereocenters. The third kappa shape index (κ3) is 4.15. The number of aliphatic hydroxyl groups is 1. The Morgan fingerprint density at radius 1 is 1.28 bits per heavy atom. The lowest BCUT2D eigenvalue weighted by Crippen LogP contribution is -2.27. The van der Waals surface area contributed by atoms with E-state index in [-0.39, 0.29) is 18.0 Å². The zero-order chi connectivity index (χ0) is 13.0. The Morgan fingerprint density at radius 2 is 1.89 bits per heavy atom. The number of unbranched alkanes of at least 4 members (excludes halogenated alkanes) is 1. The summed E-state index contributed by atoms with van der Waals surface area (Å²) < 4.78 is 39.3. The highest BCUT2D eigenvalue weighted by Gasteiger charge is 2.22. The molecule has 1 aromatic rings. The highest BCUT2D eigenvalue weighted by atomic mass is 35.5. The molecule has 0 saturated heterocycles. The monoisotopic (exact) mass is 283 g/mol. The van der Waals surface area contributed by atoms with Crippen LogP contribution in [0.5, 0.6) is 0 Å². The Balaban J connectivity index is 0.00000289. The van der Waals surface area contributed by atoms with E-state index in [9.17, 15) is 18.3 Å². The maximum atomic E-state index is 13.4. The molecule has 104 valence electrons. The molecule has 0 heterocycles. The van der Waals surface area contributed by atoms with Crippen molar-refractivity contribution in [1.82, 2.24) is 0 Å². The van der Waals surface area contributed by atoms with Gasteiger partial charge in [0.25, 0.3) is 0 Å². The summed E-state index contributed by atoms with van der Waals surface area (Å²) in [4.78, 5) is 0. The highest BCUT2D eigenvalue weighted by molar-refractivity contribution is 5.85. The van der Waals surface area contributed by atoms with Crippen LogP contribution in [0.25, 0.3) is 0 Å². The summed E-state index contributed by atoms with van der Waals surface area (Å²) >= 11 is 0. The van der Waals surface area contributed by atoms with Crippen LogP contribution in [-0.2, 0) is 0 Å². The molecule has 0 spiro atoms. The molecule has 0 saturated carbocycles. The van der Waals surface area contributed by atoms with Gasteiger partial charge in [0.2, 0.25) is 0 Å². The van der Waals surface area contributed by atoms with Crippen molar-refractivity contribution in [2.75, 3.05) is 0 Å². The van der Waals surface area contributed by atoms with Crippen LogP contribution in [0.4, 0.5) is 13.2 Å². The zero-order valence-corrected chi connectivity index (χ0v) is 10.8. The molecule has 0 radical (unpaired) electrons. The molecule has 2 nitrogen and oxygen atoms in total. The lowest BCUT2D eigenvalue weighted by Gasteiger charge is -2.19. The average molecular weight is 284 g/mol. The fourth-order valence-corrected chi connectivity index (χ4v) is 1.62. The van der Waals surface area contributed by atoms with E-state index in [1.165, 1.54) is 0 Å². The first kappa shape index (κ1) is 17.2. The Labute approximate surface area is 110 Å². The summed E-state index contributed by atoms with van der Waals surface area (Å²) in [6.07, 6.45) is 0.929. The number of nitrogens with two attached hydrogens (primary N) is 1. The van der Waals surface area contributed by atoms with E-state index in [0.29, 0.717) is 18.9 Å². The van der Waals surface area contributed by atoms with Crippen LogP contribution in [-0.4, -0.2) is 11.2 Å². The Hall–Kier alpha value is -0.780. The van der Waals surface area contributed by atoms with Crippen molar-refractivity contribution in [1.29, 1.82) is 0 Å². The van der Waals surface area contributed by atoms with E-state index in [4.69, 9.17) is 5.73 Å². The standard InChI is InChI=1S/C12H16F3NO.ClH/c1-2-3-4-10(17)12(16)8-5-7(13)6-9(14)11(8)15;/h5-6,10,12,17H,2-4,16H2,1H3;1H/t10-,12+;/m0./s1. The van der Waals surface area contributed by atoms with Gasteiger partial charge >= 0.3 is 0 Å². The quantitative estimate of drug-likeness (QED) is 0.816. The first-order valence-corrected chi connectivity index (χ1v) is 5.55. The van der Waals surface area contributed by atoms with Gasteiger partial charge in [0.1, 0.15) is 5.82 Å². The van der Waals surface area contributed by atoms with Crippen molar-refractivity contribution in [2.24, 2.45) is 5.73 Å². The molecule has 0 unspecified atom stereocenters. The van der Waals surface area contributed by atoms with Crippen LogP contribution < -0.4 is 5.73 Å². The van der Waals surface area contributed by atoms with Gasteiger partial charge in [0.15, 0.2) is 11.6 Å². The second-order valence-electron chi connectivity index (χ2n) is 4.03. The fourth-order valence-electron chi connectivity index (χ4n) is 1.62. The molecule has 0 bridgehead atoms. The van der Waals surface area contributed by atoms with Crippen molar-refractivity contribution in [3.05, 3.63) is 35.1 Å². The number of aliphatic hydroxyl groups excluding tert-OH is 1.